The number of hydrogen-bond acceptors (Lipinski definition) is 3. The van der Waals surface area contributed by atoms with Gasteiger partial charge in [0.2, 0.25) is 10.0 Å². The summed E-state index contributed by atoms with van der Waals surface area (Å²) in [6.07, 6.45) is -0.215. The lowest BCUT2D eigenvalue weighted by Crippen LogP contribution is -2.30. The van der Waals surface area contributed by atoms with E-state index in [0.29, 0.717) is 5.56 Å². The zero-order valence-electron chi connectivity index (χ0n) is 13.2. The summed E-state index contributed by atoms with van der Waals surface area (Å²) in [4.78, 5) is 10.8. The Morgan fingerprint density at radius 1 is 1.29 bits per heavy atom. The fourth-order valence-electron chi connectivity index (χ4n) is 1.89. The van der Waals surface area contributed by atoms with Crippen LogP contribution in [0.4, 0.5) is 0 Å². The molecule has 0 amide bonds. The molecule has 118 valence electrons. The first-order valence-electron chi connectivity index (χ1n) is 6.75. The first-order chi connectivity index (χ1) is 9.46. The van der Waals surface area contributed by atoms with Crippen molar-refractivity contribution in [1.82, 2.24) is 4.31 Å². The van der Waals surface area contributed by atoms with E-state index in [4.69, 9.17) is 5.11 Å². The van der Waals surface area contributed by atoms with Crippen molar-refractivity contribution in [2.24, 2.45) is 0 Å². The molecule has 0 radical (unpaired) electrons. The summed E-state index contributed by atoms with van der Waals surface area (Å²) in [5.41, 5.74) is 1.43. The van der Waals surface area contributed by atoms with E-state index in [1.54, 1.807) is 19.1 Å². The monoisotopic (exact) mass is 313 g/mol. The van der Waals surface area contributed by atoms with Crippen molar-refractivity contribution in [3.63, 3.8) is 0 Å². The van der Waals surface area contributed by atoms with Gasteiger partial charge in [-0.3, -0.25) is 4.79 Å². The summed E-state index contributed by atoms with van der Waals surface area (Å²) >= 11 is 0. The van der Waals surface area contributed by atoms with Crippen LogP contribution in [0, 0.1) is 6.92 Å². The lowest BCUT2D eigenvalue weighted by atomic mass is 9.87. The molecule has 0 aromatic heterocycles. The molecule has 1 aromatic carbocycles. The zero-order chi connectivity index (χ0) is 16.4. The predicted octanol–water partition coefficient (Wildman–Crippen LogP) is 2.39. The summed E-state index contributed by atoms with van der Waals surface area (Å²) in [7, 11) is -2.27. The van der Waals surface area contributed by atoms with Gasteiger partial charge in [0.25, 0.3) is 0 Å². The Kier molecular flexibility index (Phi) is 5.17. The van der Waals surface area contributed by atoms with Gasteiger partial charge in [-0.1, -0.05) is 32.9 Å². The molecule has 0 atom stereocenters. The summed E-state index contributed by atoms with van der Waals surface area (Å²) < 4.78 is 26.2. The first-order valence-corrected chi connectivity index (χ1v) is 8.19. The highest BCUT2D eigenvalue weighted by Gasteiger charge is 2.25. The molecule has 0 spiro atoms. The third-order valence-electron chi connectivity index (χ3n) is 3.38. The molecule has 0 saturated heterocycles. The fraction of sp³-hybridized carbons (Fsp3) is 0.533. The number of aliphatic carboxylic acids is 1. The first kappa shape index (κ1) is 17.7. The Bertz CT molecular complexity index is 630. The largest absolute Gasteiger partial charge is 0.481 e. The molecular weight excluding hydrogens is 290 g/mol. The summed E-state index contributed by atoms with van der Waals surface area (Å²) in [6.45, 7) is 7.74. The van der Waals surface area contributed by atoms with Crippen molar-refractivity contribution in [1.29, 1.82) is 0 Å². The normalized spacial score (nSPS) is 12.7. The van der Waals surface area contributed by atoms with Crippen LogP contribution in [0.15, 0.2) is 23.1 Å². The maximum absolute atomic E-state index is 12.6. The standard InChI is InChI=1S/C15H23NO4S/c1-11-6-7-12(15(2,3)4)10-13(11)21(19,20)16(5)9-8-14(17)18/h6-7,10H,8-9H2,1-5H3,(H,17,18). The van der Waals surface area contributed by atoms with Crippen LogP contribution in [0.2, 0.25) is 0 Å². The van der Waals surface area contributed by atoms with Crippen LogP contribution in [0.5, 0.6) is 0 Å². The quantitative estimate of drug-likeness (QED) is 0.905. The van der Waals surface area contributed by atoms with Gasteiger partial charge in [-0.05, 0) is 29.5 Å². The van der Waals surface area contributed by atoms with Gasteiger partial charge in [-0.15, -0.1) is 0 Å². The van der Waals surface area contributed by atoms with Crippen LogP contribution in [-0.2, 0) is 20.2 Å². The molecule has 1 rings (SSSR count). The lowest BCUT2D eigenvalue weighted by molar-refractivity contribution is -0.137. The van der Waals surface area contributed by atoms with Crippen LogP contribution in [-0.4, -0.2) is 37.4 Å². The van der Waals surface area contributed by atoms with Gasteiger partial charge >= 0.3 is 5.97 Å². The summed E-state index contributed by atoms with van der Waals surface area (Å²) in [5.74, 6) is -1.02. The van der Waals surface area contributed by atoms with E-state index in [-0.39, 0.29) is 23.3 Å². The predicted molar refractivity (Wildman–Crippen MR) is 81.9 cm³/mol. The highest BCUT2D eigenvalue weighted by Crippen LogP contribution is 2.27. The molecule has 0 aliphatic rings. The van der Waals surface area contributed by atoms with Gasteiger partial charge in [0, 0.05) is 13.6 Å². The summed E-state index contributed by atoms with van der Waals surface area (Å²) in [5, 5.41) is 8.68. The number of benzene rings is 1. The Morgan fingerprint density at radius 3 is 2.33 bits per heavy atom. The molecule has 0 unspecified atom stereocenters. The minimum atomic E-state index is -3.68. The molecule has 0 fully saturated rings. The maximum atomic E-state index is 12.6. The third kappa shape index (κ3) is 4.28. The topological polar surface area (TPSA) is 74.7 Å². The van der Waals surface area contributed by atoms with Crippen molar-refractivity contribution in [3.8, 4) is 0 Å². The van der Waals surface area contributed by atoms with E-state index in [0.717, 1.165) is 9.87 Å². The Balaban J connectivity index is 3.21. The van der Waals surface area contributed by atoms with Gasteiger partial charge in [-0.25, -0.2) is 12.7 Å². The van der Waals surface area contributed by atoms with Crippen molar-refractivity contribution in [3.05, 3.63) is 29.3 Å². The molecule has 21 heavy (non-hydrogen) atoms. The Morgan fingerprint density at radius 2 is 1.86 bits per heavy atom. The number of sulfonamides is 1. The van der Waals surface area contributed by atoms with Gasteiger partial charge in [0.15, 0.2) is 0 Å². The molecule has 0 saturated carbocycles. The number of nitrogens with zero attached hydrogens (tertiary/aromatic N) is 1. The number of carboxylic acids is 1. The average Bonchev–Trinajstić information content (AvgIpc) is 2.34. The van der Waals surface area contributed by atoms with E-state index < -0.39 is 16.0 Å². The van der Waals surface area contributed by atoms with E-state index in [9.17, 15) is 13.2 Å². The third-order valence-corrected chi connectivity index (χ3v) is 5.38. The SMILES string of the molecule is Cc1ccc(C(C)(C)C)cc1S(=O)(=O)N(C)CCC(=O)O. The molecule has 0 bridgehead atoms. The number of aryl methyl sites for hydroxylation is 1. The van der Waals surface area contributed by atoms with Crippen molar-refractivity contribution in [2.75, 3.05) is 13.6 Å². The summed E-state index contributed by atoms with van der Waals surface area (Å²) in [6, 6.07) is 5.39. The van der Waals surface area contributed by atoms with Crippen LogP contribution >= 0.6 is 0 Å². The number of carbonyl (C=O) groups is 1. The lowest BCUT2D eigenvalue weighted by Gasteiger charge is -2.23. The minimum Gasteiger partial charge on any atom is -0.481 e. The molecular formula is C15H23NO4S. The van der Waals surface area contributed by atoms with E-state index in [2.05, 4.69) is 0 Å². The molecule has 1 N–H and O–H groups in total. The van der Waals surface area contributed by atoms with Gasteiger partial charge in [0.1, 0.15) is 0 Å². The second-order valence-electron chi connectivity index (χ2n) is 6.20. The van der Waals surface area contributed by atoms with Crippen molar-refractivity contribution < 1.29 is 18.3 Å². The van der Waals surface area contributed by atoms with Crippen molar-refractivity contribution >= 4 is 16.0 Å². The van der Waals surface area contributed by atoms with Crippen LogP contribution in [0.1, 0.15) is 38.3 Å². The number of rotatable bonds is 5. The molecule has 6 heteroatoms. The van der Waals surface area contributed by atoms with Gasteiger partial charge in [-0.2, -0.15) is 0 Å². The highest BCUT2D eigenvalue weighted by atomic mass is 32.2. The van der Waals surface area contributed by atoms with Crippen LogP contribution < -0.4 is 0 Å². The van der Waals surface area contributed by atoms with Gasteiger partial charge in [0.05, 0.1) is 11.3 Å². The Hall–Kier alpha value is -1.40. The second kappa shape index (κ2) is 6.15. The van der Waals surface area contributed by atoms with Gasteiger partial charge < -0.3 is 5.11 Å². The van der Waals surface area contributed by atoms with E-state index >= 15 is 0 Å². The molecule has 1 aromatic rings. The maximum Gasteiger partial charge on any atom is 0.304 e. The molecule has 5 nitrogen and oxygen atoms in total. The average molecular weight is 313 g/mol. The number of carboxylic acid groups (broad SMARTS) is 1. The van der Waals surface area contributed by atoms with E-state index in [1.165, 1.54) is 7.05 Å². The zero-order valence-corrected chi connectivity index (χ0v) is 14.0. The van der Waals surface area contributed by atoms with E-state index in [1.807, 2.05) is 26.8 Å². The number of hydrogen-bond donors (Lipinski definition) is 1. The second-order valence-corrected chi connectivity index (χ2v) is 8.21. The van der Waals surface area contributed by atoms with Crippen molar-refractivity contribution in [2.45, 2.75) is 44.4 Å². The van der Waals surface area contributed by atoms with Crippen LogP contribution in [0.25, 0.3) is 0 Å². The highest BCUT2D eigenvalue weighted by molar-refractivity contribution is 7.89. The smallest absolute Gasteiger partial charge is 0.304 e. The molecule has 0 aliphatic carbocycles. The minimum absolute atomic E-state index is 0.0448. The van der Waals surface area contributed by atoms with Crippen LogP contribution in [0.3, 0.4) is 0 Å². The Labute approximate surface area is 126 Å². The fourth-order valence-corrected chi connectivity index (χ4v) is 3.30. The molecule has 0 aliphatic heterocycles. The molecule has 0 heterocycles.